The number of halogens is 1. The second kappa shape index (κ2) is 7.45. The Morgan fingerprint density at radius 1 is 0.786 bits per heavy atom. The van der Waals surface area contributed by atoms with Crippen LogP contribution in [0.15, 0.2) is 96.6 Å². The lowest BCUT2D eigenvalue weighted by Crippen LogP contribution is -2.35. The van der Waals surface area contributed by atoms with Gasteiger partial charge < -0.3 is 9.47 Å². The van der Waals surface area contributed by atoms with Crippen molar-refractivity contribution in [2.45, 2.75) is 12.7 Å². The van der Waals surface area contributed by atoms with Gasteiger partial charge in [0.05, 0.1) is 0 Å². The topological polar surface area (TPSA) is 18.5 Å². The van der Waals surface area contributed by atoms with Gasteiger partial charge in [0.15, 0.2) is 0 Å². The third-order valence-electron chi connectivity index (χ3n) is 5.08. The maximum absolute atomic E-state index is 13.6. The molecule has 0 bridgehead atoms. The molecule has 0 aliphatic carbocycles. The second-order valence-corrected chi connectivity index (χ2v) is 6.71. The summed E-state index contributed by atoms with van der Waals surface area (Å²) in [5, 5.41) is 0. The third-order valence-corrected chi connectivity index (χ3v) is 5.08. The van der Waals surface area contributed by atoms with Crippen molar-refractivity contribution in [2.24, 2.45) is 0 Å². The molecule has 3 aromatic carbocycles. The van der Waals surface area contributed by atoms with Crippen LogP contribution in [-0.2, 0) is 15.3 Å². The van der Waals surface area contributed by atoms with E-state index in [-0.39, 0.29) is 5.82 Å². The summed E-state index contributed by atoms with van der Waals surface area (Å²) in [6.45, 7) is 1.99. The van der Waals surface area contributed by atoms with Gasteiger partial charge in [0.2, 0.25) is 0 Å². The van der Waals surface area contributed by atoms with E-state index >= 15 is 0 Å². The van der Waals surface area contributed by atoms with Crippen LogP contribution in [0.1, 0.15) is 23.6 Å². The fraction of sp³-hybridized carbons (Fsp3) is 0.120. The van der Waals surface area contributed by atoms with Gasteiger partial charge in [-0.15, -0.1) is 0 Å². The summed E-state index contributed by atoms with van der Waals surface area (Å²) in [4.78, 5) is 0. The minimum absolute atomic E-state index is 0.297. The van der Waals surface area contributed by atoms with E-state index in [2.05, 4.69) is 12.1 Å². The van der Waals surface area contributed by atoms with E-state index in [0.29, 0.717) is 5.76 Å². The van der Waals surface area contributed by atoms with Gasteiger partial charge >= 0.3 is 0 Å². The lowest BCUT2D eigenvalue weighted by Gasteiger charge is -2.39. The number of ether oxygens (including phenoxy) is 2. The first-order valence-electron chi connectivity index (χ1n) is 9.18. The number of hydrogen-bond donors (Lipinski definition) is 0. The molecular weight excluding hydrogens is 351 g/mol. The molecular formula is C25H21FO2. The molecule has 1 aliphatic rings. The van der Waals surface area contributed by atoms with E-state index in [4.69, 9.17) is 9.47 Å². The summed E-state index contributed by atoms with van der Waals surface area (Å²) in [6, 6.07) is 26.3. The number of methoxy groups -OCH3 is 1. The largest absolute Gasteiger partial charge is 0.453 e. The first-order chi connectivity index (χ1) is 13.6. The van der Waals surface area contributed by atoms with Crippen molar-refractivity contribution in [3.8, 4) is 0 Å². The second-order valence-electron chi connectivity index (χ2n) is 6.71. The molecule has 0 fully saturated rings. The highest BCUT2D eigenvalue weighted by molar-refractivity contribution is 5.86. The molecule has 0 amide bonds. The number of benzene rings is 3. The Labute approximate surface area is 164 Å². The van der Waals surface area contributed by atoms with Crippen molar-refractivity contribution in [3.05, 3.63) is 119 Å². The Morgan fingerprint density at radius 2 is 1.36 bits per heavy atom. The minimum Gasteiger partial charge on any atom is -0.453 e. The van der Waals surface area contributed by atoms with Gasteiger partial charge in [-0.1, -0.05) is 60.7 Å². The molecule has 0 aromatic heterocycles. The lowest BCUT2D eigenvalue weighted by molar-refractivity contribution is -0.160. The predicted octanol–water partition coefficient (Wildman–Crippen LogP) is 6.17. The van der Waals surface area contributed by atoms with Crippen LogP contribution in [0, 0.1) is 5.82 Å². The minimum atomic E-state index is -1.14. The quantitative estimate of drug-likeness (QED) is 0.545. The highest BCUT2D eigenvalue weighted by Crippen LogP contribution is 2.46. The number of allylic oxidation sites excluding steroid dienone is 2. The van der Waals surface area contributed by atoms with Gasteiger partial charge in [0, 0.05) is 23.8 Å². The highest BCUT2D eigenvalue weighted by atomic mass is 19.1. The van der Waals surface area contributed by atoms with E-state index < -0.39 is 5.79 Å². The van der Waals surface area contributed by atoms with Gasteiger partial charge in [0.1, 0.15) is 11.6 Å². The van der Waals surface area contributed by atoms with Crippen molar-refractivity contribution < 1.29 is 13.9 Å². The van der Waals surface area contributed by atoms with Gasteiger partial charge in [-0.2, -0.15) is 0 Å². The zero-order valence-corrected chi connectivity index (χ0v) is 15.9. The summed E-state index contributed by atoms with van der Waals surface area (Å²) in [7, 11) is 1.61. The van der Waals surface area contributed by atoms with Crippen molar-refractivity contribution in [1.82, 2.24) is 0 Å². The fourth-order valence-corrected chi connectivity index (χ4v) is 3.60. The molecule has 0 saturated heterocycles. The standard InChI is InChI=1S/C25H21FO2/c1-18-23(19-9-5-3-6-10-19)17-24(20-11-7-4-8-12-20)28-25(18,27-2)21-13-15-22(26)16-14-21/h3-17H,1-2H3. The smallest absolute Gasteiger partial charge is 0.260 e. The molecule has 0 radical (unpaired) electrons. The molecule has 2 nitrogen and oxygen atoms in total. The molecule has 1 atom stereocenters. The van der Waals surface area contributed by atoms with Gasteiger partial charge in [-0.05, 0) is 48.4 Å². The van der Waals surface area contributed by atoms with Crippen molar-refractivity contribution in [1.29, 1.82) is 0 Å². The molecule has 0 spiro atoms. The van der Waals surface area contributed by atoms with Crippen molar-refractivity contribution in [3.63, 3.8) is 0 Å². The van der Waals surface area contributed by atoms with Crippen LogP contribution in [0.4, 0.5) is 4.39 Å². The van der Waals surface area contributed by atoms with Crippen LogP contribution in [0.25, 0.3) is 11.3 Å². The van der Waals surface area contributed by atoms with Crippen LogP contribution >= 0.6 is 0 Å². The van der Waals surface area contributed by atoms with Gasteiger partial charge in [-0.3, -0.25) is 0 Å². The highest BCUT2D eigenvalue weighted by Gasteiger charge is 2.42. The maximum atomic E-state index is 13.6. The summed E-state index contributed by atoms with van der Waals surface area (Å²) < 4.78 is 26.0. The molecule has 1 unspecified atom stereocenters. The van der Waals surface area contributed by atoms with Crippen LogP contribution in [0.5, 0.6) is 0 Å². The van der Waals surface area contributed by atoms with E-state index in [0.717, 1.165) is 27.8 Å². The predicted molar refractivity (Wildman–Crippen MR) is 110 cm³/mol. The Morgan fingerprint density at radius 3 is 1.93 bits per heavy atom. The molecule has 1 heterocycles. The molecule has 140 valence electrons. The summed E-state index contributed by atoms with van der Waals surface area (Å²) in [5.41, 5.74) is 4.69. The molecule has 28 heavy (non-hydrogen) atoms. The Hall–Kier alpha value is -3.17. The maximum Gasteiger partial charge on any atom is 0.260 e. The van der Waals surface area contributed by atoms with Crippen LogP contribution in [0.3, 0.4) is 0 Å². The van der Waals surface area contributed by atoms with E-state index in [1.54, 1.807) is 19.2 Å². The van der Waals surface area contributed by atoms with E-state index in [1.165, 1.54) is 12.1 Å². The van der Waals surface area contributed by atoms with Gasteiger partial charge in [-0.25, -0.2) is 4.39 Å². The molecule has 3 heteroatoms. The first kappa shape index (κ1) is 18.2. The summed E-state index contributed by atoms with van der Waals surface area (Å²) >= 11 is 0. The summed E-state index contributed by atoms with van der Waals surface area (Å²) in [6.07, 6.45) is 2.04. The van der Waals surface area contributed by atoms with Crippen molar-refractivity contribution >= 4 is 11.3 Å². The molecule has 4 rings (SSSR count). The average Bonchev–Trinajstić information content (AvgIpc) is 2.76. The molecule has 3 aromatic rings. The number of rotatable bonds is 4. The van der Waals surface area contributed by atoms with Gasteiger partial charge in [0.25, 0.3) is 5.79 Å². The normalized spacial score (nSPS) is 19.2. The Kier molecular flexibility index (Phi) is 4.84. The molecule has 0 N–H and O–H groups in total. The third kappa shape index (κ3) is 3.14. The Balaban J connectivity index is 1.95. The zero-order chi connectivity index (χ0) is 19.6. The molecule has 1 aliphatic heterocycles. The average molecular weight is 372 g/mol. The van der Waals surface area contributed by atoms with E-state index in [1.807, 2.05) is 61.5 Å². The first-order valence-corrected chi connectivity index (χ1v) is 9.18. The number of hydrogen-bond acceptors (Lipinski definition) is 2. The summed E-state index contributed by atoms with van der Waals surface area (Å²) in [5.74, 6) is -0.732. The fourth-order valence-electron chi connectivity index (χ4n) is 3.60. The monoisotopic (exact) mass is 372 g/mol. The Bertz CT molecular complexity index is 1020. The molecule has 0 saturated carbocycles. The lowest BCUT2D eigenvalue weighted by atomic mass is 9.87. The van der Waals surface area contributed by atoms with Crippen LogP contribution in [0.2, 0.25) is 0 Å². The zero-order valence-electron chi connectivity index (χ0n) is 15.9. The van der Waals surface area contributed by atoms with Crippen LogP contribution in [-0.4, -0.2) is 7.11 Å². The SMILES string of the molecule is COC1(c2ccc(F)cc2)OC(c2ccccc2)=CC(c2ccccc2)=C1C. The van der Waals surface area contributed by atoms with Crippen molar-refractivity contribution in [2.75, 3.05) is 7.11 Å². The van der Waals surface area contributed by atoms with E-state index in [9.17, 15) is 4.39 Å². The van der Waals surface area contributed by atoms with Crippen LogP contribution < -0.4 is 0 Å².